The second-order valence-corrected chi connectivity index (χ2v) is 43.5. The molecule has 0 bridgehead atoms. The van der Waals surface area contributed by atoms with Gasteiger partial charge in [-0.2, -0.15) is 0 Å². The summed E-state index contributed by atoms with van der Waals surface area (Å²) in [5, 5.41) is 0. The topological polar surface area (TPSA) is 36.9 Å². The van der Waals surface area contributed by atoms with Crippen LogP contribution in [-0.4, -0.2) is 34.7 Å². The minimum atomic E-state index is -7.22. The fourth-order valence-corrected chi connectivity index (χ4v) is 24.7. The molecule has 51 heteroatoms. The third-order valence-electron chi connectivity index (χ3n) is 21.1. The molecule has 2 aromatic heterocycles. The Morgan fingerprint density at radius 1 is 0.170 bits per heavy atom. The monoisotopic (exact) mass is 2210 g/mol. The van der Waals surface area contributed by atoms with Crippen molar-refractivity contribution in [1.29, 1.82) is 0 Å². The highest BCUT2D eigenvalue weighted by molar-refractivity contribution is 8.04. The van der Waals surface area contributed by atoms with Crippen molar-refractivity contribution in [2.75, 3.05) is 0 Å². The molecule has 14 rings (SSSR count). The zero-order chi connectivity index (χ0) is 110. The van der Waals surface area contributed by atoms with Gasteiger partial charge in [-0.05, 0) is 192 Å². The van der Waals surface area contributed by atoms with Gasteiger partial charge in [0.15, 0.2) is 159 Å². The minimum Gasteiger partial charge on any atom is -0.488 e. The molecule has 0 radical (unpaired) electrons. The van der Waals surface area contributed by atoms with E-state index in [9.17, 15) is 105 Å². The van der Waals surface area contributed by atoms with E-state index in [0.29, 0.717) is 0 Å². The first kappa shape index (κ1) is 113. The fraction of sp³-hybridized carbons (Fsp3) is 0.167. The molecule has 0 unspecified atom stereocenters. The largest absolute Gasteiger partial charge is 0.488 e. The van der Waals surface area contributed by atoms with Crippen molar-refractivity contribution in [2.24, 2.45) is 0 Å². The predicted octanol–water partition coefficient (Wildman–Crippen LogP) is 26.6. The van der Waals surface area contributed by atoms with Crippen molar-refractivity contribution in [3.05, 3.63) is 354 Å². The van der Waals surface area contributed by atoms with E-state index in [1.54, 1.807) is 0 Å². The van der Waals surface area contributed by atoms with Crippen LogP contribution in [0.15, 0.2) is 158 Å². The standard InChI is InChI=1S/C48H56O4S5.2C24BF20/c1-45(2,3)49-33-13-21-37(22-14-33)56(38-23-15-34(16-24-38)50-46(4,5)6)43-31-29-41(54-43)53-42-30-32-44(55-42)57(39-25-17-35(18-26-39)51-47(7,8)9)40-27-19-36(20-28-40)52-48(10,11)12;2*26-5-1(6(27)14(35)21(42)13(5)34)25(2-7(28)15(36)22(43)16(37)8(2)29,3-9(30)17(38)23(44)18(39)10(3)31)4-11(32)19(40)24(45)20(41)12(4)33/h13-32H,1-12H3;;/q+2;2*-1. The summed E-state index contributed by atoms with van der Waals surface area (Å²) in [7, 11) is -0.611. The Labute approximate surface area is 821 Å². The second-order valence-electron chi connectivity index (χ2n) is 35.2. The van der Waals surface area contributed by atoms with Crippen molar-refractivity contribution in [3.63, 3.8) is 0 Å². The number of halogens is 40. The van der Waals surface area contributed by atoms with E-state index in [0.717, 1.165) is 23.0 Å². The lowest BCUT2D eigenvalue weighted by Gasteiger charge is -2.44. The summed E-state index contributed by atoms with van der Waals surface area (Å²) >= 11 is 5.59. The SMILES string of the molecule is CC(C)(C)Oc1ccc([S+](c2ccc(OC(C)(C)C)cc2)c2ccc(Sc3ccc([S+](c4ccc(OC(C)(C)C)cc4)c4ccc(OC(C)(C)C)cc4)s3)s2)cc1.Fc1c(F)c(F)c([B-](c2c(F)c(F)c(F)c(F)c2F)(c2c(F)c(F)c(F)c(F)c2F)c2c(F)c(F)c(F)c(F)c2F)c(F)c1F.Fc1c(F)c(F)c([B-](c2c(F)c(F)c(F)c(F)c2F)(c2c(F)c(F)c(F)c(F)c2F)c2c(F)c(F)c(F)c(F)c2F)c(F)c1F. The van der Waals surface area contributed by atoms with E-state index < -0.39 is 289 Å². The number of rotatable bonds is 20. The molecule has 0 aliphatic rings. The molecule has 147 heavy (non-hydrogen) atoms. The van der Waals surface area contributed by atoms with Crippen LogP contribution in [0.5, 0.6) is 23.0 Å². The minimum absolute atomic E-state index is 0.258. The lowest BCUT2D eigenvalue weighted by molar-refractivity contribution is 0.130. The van der Waals surface area contributed by atoms with E-state index >= 15 is 70.2 Å². The number of hydrogen-bond donors (Lipinski definition) is 0. The molecular formula is C96H56B2F40O4S5. The van der Waals surface area contributed by atoms with E-state index in [-0.39, 0.29) is 44.2 Å². The maximum absolute atomic E-state index is 15.4. The van der Waals surface area contributed by atoms with Crippen LogP contribution < -0.4 is 62.6 Å². The van der Waals surface area contributed by atoms with Gasteiger partial charge in [0.05, 0.1) is 8.42 Å². The molecule has 0 spiro atoms. The molecule has 0 aliphatic carbocycles. The van der Waals surface area contributed by atoms with Crippen LogP contribution >= 0.6 is 34.4 Å². The van der Waals surface area contributed by atoms with Crippen LogP contribution in [0.4, 0.5) is 176 Å². The average molecular weight is 2220 g/mol. The lowest BCUT2D eigenvalue weighted by Crippen LogP contribution is -2.81. The first-order valence-electron chi connectivity index (χ1n) is 41.1. The van der Waals surface area contributed by atoms with Gasteiger partial charge in [0.2, 0.25) is 8.42 Å². The first-order valence-corrected chi connectivity index (χ1v) is 46.0. The van der Waals surface area contributed by atoms with Crippen LogP contribution in [0.3, 0.4) is 0 Å². The Bertz CT molecular complexity index is 6220. The van der Waals surface area contributed by atoms with Gasteiger partial charge in [0, 0.05) is 12.1 Å². The van der Waals surface area contributed by atoms with Gasteiger partial charge in [-0.25, -0.2) is 176 Å². The third kappa shape index (κ3) is 20.8. The van der Waals surface area contributed by atoms with E-state index in [1.807, 2.05) is 34.4 Å². The second kappa shape index (κ2) is 42.0. The normalized spacial score (nSPS) is 12.2. The summed E-state index contributed by atoms with van der Waals surface area (Å²) in [6.07, 6.45) is -14.4. The van der Waals surface area contributed by atoms with Crippen molar-refractivity contribution in [2.45, 2.75) is 142 Å². The average Bonchev–Trinajstić information content (AvgIpc) is 0.949. The molecule has 0 saturated carbocycles. The Kier molecular flexibility index (Phi) is 32.4. The number of ether oxygens (including phenoxy) is 4. The number of benzene rings is 12. The maximum atomic E-state index is 15.4. The number of hydrogen-bond acceptors (Lipinski definition) is 7. The first-order chi connectivity index (χ1) is 68.1. The zero-order valence-corrected chi connectivity index (χ0v) is 79.6. The molecule has 2 heterocycles. The molecule has 780 valence electrons. The maximum Gasteiger partial charge on any atom is 0.221 e. The zero-order valence-electron chi connectivity index (χ0n) is 75.5. The molecule has 14 aromatic rings. The summed E-state index contributed by atoms with van der Waals surface area (Å²) < 4.78 is 618. The summed E-state index contributed by atoms with van der Waals surface area (Å²) in [5.74, 6) is -139. The molecule has 0 N–H and O–H groups in total. The van der Waals surface area contributed by atoms with Crippen molar-refractivity contribution < 1.29 is 195 Å². The van der Waals surface area contributed by atoms with Crippen LogP contribution in [0.2, 0.25) is 0 Å². The predicted molar refractivity (Wildman–Crippen MR) is 463 cm³/mol. The van der Waals surface area contributed by atoms with Crippen LogP contribution in [-0.2, 0) is 21.8 Å². The van der Waals surface area contributed by atoms with Crippen molar-refractivity contribution in [1.82, 2.24) is 0 Å². The molecule has 0 aliphatic heterocycles. The smallest absolute Gasteiger partial charge is 0.221 e. The lowest BCUT2D eigenvalue weighted by atomic mass is 9.12. The highest BCUT2D eigenvalue weighted by Crippen LogP contribution is 2.47. The van der Waals surface area contributed by atoms with Gasteiger partial charge in [-0.1, -0.05) is 34.4 Å². The Morgan fingerprint density at radius 2 is 0.286 bits per heavy atom. The Hall–Kier alpha value is -12.4. The van der Waals surface area contributed by atoms with Crippen molar-refractivity contribution in [3.8, 4) is 23.0 Å². The molecule has 12 aromatic carbocycles. The van der Waals surface area contributed by atoms with Gasteiger partial charge in [0.1, 0.15) is 173 Å². The van der Waals surface area contributed by atoms with Gasteiger partial charge in [-0.15, -0.1) is 43.7 Å². The summed E-state index contributed by atoms with van der Waals surface area (Å²) in [5.41, 5.74) is -29.7. The third-order valence-corrected chi connectivity index (χ3v) is 29.6. The number of thiophene rings is 2. The summed E-state index contributed by atoms with van der Waals surface area (Å²) in [6.45, 7) is 25.0. The molecule has 0 fully saturated rings. The summed E-state index contributed by atoms with van der Waals surface area (Å²) in [6, 6.07) is 43.7. The van der Waals surface area contributed by atoms with Gasteiger partial charge in [0.25, 0.3) is 0 Å². The Balaban J connectivity index is 0.000000198. The van der Waals surface area contributed by atoms with E-state index in [1.165, 1.54) is 36.4 Å². The van der Waals surface area contributed by atoms with Crippen LogP contribution in [0.25, 0.3) is 0 Å². The van der Waals surface area contributed by atoms with Crippen LogP contribution in [0.1, 0.15) is 83.1 Å². The van der Waals surface area contributed by atoms with Crippen molar-refractivity contribution >= 4 is 112 Å². The van der Waals surface area contributed by atoms with E-state index in [2.05, 4.69) is 204 Å². The van der Waals surface area contributed by atoms with Gasteiger partial charge >= 0.3 is 0 Å². The van der Waals surface area contributed by atoms with Gasteiger partial charge < -0.3 is 18.9 Å². The molecule has 0 atom stereocenters. The molecule has 4 nitrogen and oxygen atoms in total. The fourth-order valence-electron chi connectivity index (χ4n) is 15.5. The van der Waals surface area contributed by atoms with E-state index in [4.69, 9.17) is 18.9 Å². The Morgan fingerprint density at radius 3 is 0.401 bits per heavy atom. The summed E-state index contributed by atoms with van der Waals surface area (Å²) in [4.78, 5) is 5.00. The molecular weight excluding hydrogens is 2160 g/mol. The highest BCUT2D eigenvalue weighted by Gasteiger charge is 2.56. The van der Waals surface area contributed by atoms with Gasteiger partial charge in [-0.3, -0.25) is 0 Å². The molecule has 0 saturated heterocycles. The highest BCUT2D eigenvalue weighted by atomic mass is 32.2. The molecule has 0 amide bonds. The quantitative estimate of drug-likeness (QED) is 0.0250. The van der Waals surface area contributed by atoms with Crippen LogP contribution in [0, 0.1) is 233 Å².